The fourth-order valence-electron chi connectivity index (χ4n) is 4.30. The van der Waals surface area contributed by atoms with Crippen molar-refractivity contribution in [3.63, 3.8) is 0 Å². The van der Waals surface area contributed by atoms with Crippen LogP contribution in [-0.4, -0.2) is 25.2 Å². The maximum absolute atomic E-state index is 13.9. The van der Waals surface area contributed by atoms with Crippen LogP contribution in [-0.2, 0) is 4.79 Å². The van der Waals surface area contributed by atoms with E-state index in [1.807, 2.05) is 85.9 Å². The average Bonchev–Trinajstić information content (AvgIpc) is 3.45. The molecule has 2 aliphatic heterocycles. The number of amidine groups is 1. The van der Waals surface area contributed by atoms with Gasteiger partial charge in [0.2, 0.25) is 0 Å². The van der Waals surface area contributed by atoms with Gasteiger partial charge in [-0.1, -0.05) is 72.4 Å². The second kappa shape index (κ2) is 9.84. The van der Waals surface area contributed by atoms with Crippen molar-refractivity contribution >= 4 is 51.7 Å². The van der Waals surface area contributed by atoms with Crippen LogP contribution in [0.4, 0.5) is 17.1 Å². The maximum atomic E-state index is 13.9. The average molecular weight is 522 g/mol. The molecule has 1 saturated heterocycles. The number of nitrogens with zero attached hydrogens (tertiary/aromatic N) is 3. The minimum Gasteiger partial charge on any atom is -0.497 e. The zero-order valence-corrected chi connectivity index (χ0v) is 21.9. The molecule has 0 atom stereocenters. The predicted octanol–water partition coefficient (Wildman–Crippen LogP) is 7.54. The number of ether oxygens (including phenoxy) is 1. The first-order valence-corrected chi connectivity index (χ1v) is 13.4. The second-order valence-electron chi connectivity index (χ2n) is 8.51. The van der Waals surface area contributed by atoms with Crippen molar-refractivity contribution in [1.82, 2.24) is 0 Å². The van der Waals surface area contributed by atoms with Crippen LogP contribution in [0.1, 0.15) is 0 Å². The number of methoxy groups -OCH3 is 1. The van der Waals surface area contributed by atoms with Gasteiger partial charge in [0.15, 0.2) is 5.17 Å². The topological polar surface area (TPSA) is 45.1 Å². The highest BCUT2D eigenvalue weighted by molar-refractivity contribution is 8.20. The normalized spacial score (nSPS) is 18.0. The first-order valence-electron chi connectivity index (χ1n) is 11.8. The van der Waals surface area contributed by atoms with E-state index in [2.05, 4.69) is 29.2 Å². The Balaban J connectivity index is 1.39. The number of carbonyl (C=O) groups excluding carboxylic acids is 1. The number of thioether (sulfide) groups is 2. The summed E-state index contributed by atoms with van der Waals surface area (Å²) in [5.74, 6) is 0.708. The molecule has 7 heteroatoms. The standard InChI is InChI=1S/C30H23N3O2S2/c1-32-25-19-24(35-2)17-18-26(25)36-29(32)27-28(34)33(23-11-7-4-8-12-23)30(37-27)31-22-15-13-21(14-16-22)20-9-5-3-6-10-20/h3-19H,1-2H3/b29-27-,31-30?. The number of hydrogen-bond acceptors (Lipinski definition) is 6. The number of rotatable bonds is 4. The van der Waals surface area contributed by atoms with E-state index >= 15 is 0 Å². The second-order valence-corrected chi connectivity index (χ2v) is 10.5. The summed E-state index contributed by atoms with van der Waals surface area (Å²) in [7, 11) is 3.64. The monoisotopic (exact) mass is 521 g/mol. The summed E-state index contributed by atoms with van der Waals surface area (Å²) in [4.78, 5) is 24.3. The lowest BCUT2D eigenvalue weighted by Crippen LogP contribution is -2.29. The van der Waals surface area contributed by atoms with Crippen molar-refractivity contribution in [2.45, 2.75) is 4.90 Å². The molecule has 4 aromatic carbocycles. The van der Waals surface area contributed by atoms with E-state index in [0.29, 0.717) is 10.1 Å². The van der Waals surface area contributed by atoms with Gasteiger partial charge in [0, 0.05) is 18.0 Å². The fourth-order valence-corrected chi connectivity index (χ4v) is 6.63. The molecule has 0 bridgehead atoms. The lowest BCUT2D eigenvalue weighted by Gasteiger charge is -2.17. The molecule has 4 aromatic rings. The number of carbonyl (C=O) groups is 1. The zero-order chi connectivity index (χ0) is 25.4. The maximum Gasteiger partial charge on any atom is 0.274 e. The number of fused-ring (bicyclic) bond motifs is 1. The number of hydrogen-bond donors (Lipinski definition) is 0. The van der Waals surface area contributed by atoms with Gasteiger partial charge >= 0.3 is 0 Å². The van der Waals surface area contributed by atoms with Gasteiger partial charge in [-0.2, -0.15) is 0 Å². The molecule has 0 radical (unpaired) electrons. The Labute approximate surface area is 224 Å². The SMILES string of the molecule is COc1ccc2c(c1)N(C)/C(=C1/SC(=Nc3ccc(-c4ccccc4)cc3)N(c3ccccc3)C1=O)S2. The molecule has 0 saturated carbocycles. The van der Waals surface area contributed by atoms with Crippen LogP contribution in [0.2, 0.25) is 0 Å². The first kappa shape index (κ1) is 23.5. The van der Waals surface area contributed by atoms with Crippen LogP contribution >= 0.6 is 23.5 Å². The van der Waals surface area contributed by atoms with E-state index in [1.165, 1.54) is 11.8 Å². The highest BCUT2D eigenvalue weighted by Gasteiger charge is 2.40. The van der Waals surface area contributed by atoms with Gasteiger partial charge < -0.3 is 9.64 Å². The van der Waals surface area contributed by atoms with E-state index in [4.69, 9.17) is 9.73 Å². The minimum absolute atomic E-state index is 0.0787. The summed E-state index contributed by atoms with van der Waals surface area (Å²) in [6.45, 7) is 0. The highest BCUT2D eigenvalue weighted by Crippen LogP contribution is 2.51. The molecule has 0 N–H and O–H groups in total. The summed E-state index contributed by atoms with van der Waals surface area (Å²) >= 11 is 3.01. The van der Waals surface area contributed by atoms with E-state index in [-0.39, 0.29) is 5.91 Å². The van der Waals surface area contributed by atoms with Gasteiger partial charge in [0.25, 0.3) is 5.91 Å². The predicted molar refractivity (Wildman–Crippen MR) is 155 cm³/mol. The smallest absolute Gasteiger partial charge is 0.274 e. The largest absolute Gasteiger partial charge is 0.497 e. The van der Waals surface area contributed by atoms with Gasteiger partial charge in [-0.15, -0.1) is 0 Å². The molecule has 0 aromatic heterocycles. The Morgan fingerprint density at radius 2 is 1.46 bits per heavy atom. The lowest BCUT2D eigenvalue weighted by atomic mass is 10.1. The number of benzene rings is 4. The van der Waals surface area contributed by atoms with Crippen LogP contribution in [0.15, 0.2) is 123 Å². The molecule has 0 unspecified atom stereocenters. The van der Waals surface area contributed by atoms with E-state index < -0.39 is 0 Å². The lowest BCUT2D eigenvalue weighted by molar-refractivity contribution is -0.113. The molecule has 0 aliphatic carbocycles. The Kier molecular flexibility index (Phi) is 6.24. The van der Waals surface area contributed by atoms with E-state index in [1.54, 1.807) is 23.8 Å². The molecule has 182 valence electrons. The van der Waals surface area contributed by atoms with Crippen molar-refractivity contribution in [2.24, 2.45) is 4.99 Å². The molecule has 5 nitrogen and oxygen atoms in total. The summed E-state index contributed by atoms with van der Waals surface area (Å²) in [6, 6.07) is 34.0. The van der Waals surface area contributed by atoms with Gasteiger partial charge in [-0.3, -0.25) is 9.69 Å². The third kappa shape index (κ3) is 4.41. The van der Waals surface area contributed by atoms with E-state index in [0.717, 1.165) is 43.9 Å². The van der Waals surface area contributed by atoms with Crippen LogP contribution in [0.3, 0.4) is 0 Å². The summed E-state index contributed by atoms with van der Waals surface area (Å²) < 4.78 is 5.41. The number of para-hydroxylation sites is 1. The quantitative estimate of drug-likeness (QED) is 0.260. The Bertz CT molecular complexity index is 1530. The Hall–Kier alpha value is -3.94. The molecule has 2 aliphatic rings. The molecule has 2 heterocycles. The van der Waals surface area contributed by atoms with Gasteiger partial charge in [0.05, 0.1) is 29.2 Å². The number of anilines is 2. The van der Waals surface area contributed by atoms with Crippen LogP contribution < -0.4 is 14.5 Å². The van der Waals surface area contributed by atoms with Crippen LogP contribution in [0, 0.1) is 0 Å². The molecular formula is C30H23N3O2S2. The van der Waals surface area contributed by atoms with Crippen molar-refractivity contribution in [1.29, 1.82) is 0 Å². The zero-order valence-electron chi connectivity index (χ0n) is 20.3. The number of amides is 1. The van der Waals surface area contributed by atoms with Gasteiger partial charge in [-0.25, -0.2) is 4.99 Å². The third-order valence-electron chi connectivity index (χ3n) is 6.23. The van der Waals surface area contributed by atoms with Crippen LogP contribution in [0.5, 0.6) is 5.75 Å². The van der Waals surface area contributed by atoms with Crippen molar-refractivity contribution in [3.8, 4) is 16.9 Å². The number of aliphatic imine (C=N–C) groups is 1. The Morgan fingerprint density at radius 1 is 0.784 bits per heavy atom. The molecule has 1 amide bonds. The third-order valence-corrected chi connectivity index (χ3v) is 8.62. The van der Waals surface area contributed by atoms with E-state index in [9.17, 15) is 4.79 Å². The summed E-state index contributed by atoms with van der Waals surface area (Å²) in [5.41, 5.74) is 4.89. The molecular weight excluding hydrogens is 498 g/mol. The Morgan fingerprint density at radius 3 is 2.16 bits per heavy atom. The van der Waals surface area contributed by atoms with Crippen molar-refractivity contribution in [3.05, 3.63) is 113 Å². The minimum atomic E-state index is -0.0787. The fraction of sp³-hybridized carbons (Fsp3) is 0.0667. The molecule has 6 rings (SSSR count). The first-order chi connectivity index (χ1) is 18.1. The van der Waals surface area contributed by atoms with Gasteiger partial charge in [-0.05, 0) is 59.3 Å². The van der Waals surface area contributed by atoms with Crippen molar-refractivity contribution < 1.29 is 9.53 Å². The highest BCUT2D eigenvalue weighted by atomic mass is 32.2. The summed E-state index contributed by atoms with van der Waals surface area (Å²) in [5, 5.41) is 1.53. The van der Waals surface area contributed by atoms with Gasteiger partial charge in [0.1, 0.15) is 10.7 Å². The molecule has 37 heavy (non-hydrogen) atoms. The molecule has 1 fully saturated rings. The summed E-state index contributed by atoms with van der Waals surface area (Å²) in [6.07, 6.45) is 0. The van der Waals surface area contributed by atoms with Crippen LogP contribution in [0.25, 0.3) is 11.1 Å². The molecule has 0 spiro atoms. The van der Waals surface area contributed by atoms with Crippen molar-refractivity contribution in [2.75, 3.05) is 24.0 Å².